The molecule has 0 unspecified atom stereocenters. The molecule has 1 heterocycles. The van der Waals surface area contributed by atoms with E-state index in [1.165, 1.54) is 6.08 Å². The van der Waals surface area contributed by atoms with Gasteiger partial charge in [0.05, 0.1) is 4.92 Å². The zero-order chi connectivity index (χ0) is 10.8. The third-order valence-electron chi connectivity index (χ3n) is 2.05. The lowest BCUT2D eigenvalue weighted by Crippen LogP contribution is -1.81. The minimum atomic E-state index is -0.491. The maximum absolute atomic E-state index is 10.2. The number of nitro groups is 1. The molecule has 5 heteroatoms. The van der Waals surface area contributed by atoms with E-state index in [1.807, 2.05) is 6.07 Å². The van der Waals surface area contributed by atoms with Crippen molar-refractivity contribution in [3.05, 3.63) is 51.3 Å². The summed E-state index contributed by atoms with van der Waals surface area (Å²) in [5, 5.41) is 11.7. The predicted octanol–water partition coefficient (Wildman–Crippen LogP) is 3.07. The predicted molar refractivity (Wildman–Crippen MR) is 59.3 cm³/mol. The van der Waals surface area contributed by atoms with Gasteiger partial charge in [0.1, 0.15) is 0 Å². The molecule has 0 bridgehead atoms. The van der Waals surface area contributed by atoms with Crippen molar-refractivity contribution >= 4 is 28.6 Å². The minimum absolute atomic E-state index is 0.491. The summed E-state index contributed by atoms with van der Waals surface area (Å²) >= 11 is 5.81. The van der Waals surface area contributed by atoms with Crippen LogP contribution >= 0.6 is 11.6 Å². The number of rotatable bonds is 2. The molecular weight excluding hydrogens is 216 g/mol. The van der Waals surface area contributed by atoms with Crippen molar-refractivity contribution < 1.29 is 4.92 Å². The minimum Gasteiger partial charge on any atom is -0.361 e. The zero-order valence-corrected chi connectivity index (χ0v) is 8.36. The summed E-state index contributed by atoms with van der Waals surface area (Å²) in [5.74, 6) is 0. The molecule has 0 aliphatic carbocycles. The van der Waals surface area contributed by atoms with Crippen molar-refractivity contribution in [2.75, 3.05) is 0 Å². The molecule has 0 atom stereocenters. The van der Waals surface area contributed by atoms with Gasteiger partial charge in [0.2, 0.25) is 6.20 Å². The van der Waals surface area contributed by atoms with Crippen LogP contribution in [0.4, 0.5) is 0 Å². The van der Waals surface area contributed by atoms with Crippen LogP contribution in [-0.2, 0) is 0 Å². The van der Waals surface area contributed by atoms with E-state index in [2.05, 4.69) is 4.98 Å². The monoisotopic (exact) mass is 222 g/mol. The van der Waals surface area contributed by atoms with Gasteiger partial charge in [-0.05, 0) is 12.1 Å². The number of benzene rings is 1. The first-order valence-corrected chi connectivity index (χ1v) is 4.63. The smallest absolute Gasteiger partial charge is 0.235 e. The Morgan fingerprint density at radius 3 is 3.00 bits per heavy atom. The Kier molecular flexibility index (Phi) is 2.43. The lowest BCUT2D eigenvalue weighted by atomic mass is 10.2. The topological polar surface area (TPSA) is 58.9 Å². The Balaban J connectivity index is 2.50. The van der Waals surface area contributed by atoms with E-state index < -0.39 is 4.92 Å². The summed E-state index contributed by atoms with van der Waals surface area (Å²) in [6.45, 7) is 0. The molecule has 2 rings (SSSR count). The van der Waals surface area contributed by atoms with Crippen LogP contribution in [0.25, 0.3) is 17.0 Å². The van der Waals surface area contributed by atoms with Gasteiger partial charge in [0.25, 0.3) is 0 Å². The Morgan fingerprint density at radius 2 is 2.27 bits per heavy atom. The maximum atomic E-state index is 10.2. The van der Waals surface area contributed by atoms with Gasteiger partial charge >= 0.3 is 0 Å². The number of nitrogens with one attached hydrogen (secondary N) is 1. The van der Waals surface area contributed by atoms with Crippen LogP contribution in [0.5, 0.6) is 0 Å². The number of hydrogen-bond donors (Lipinski definition) is 1. The average molecular weight is 223 g/mol. The summed E-state index contributed by atoms with van der Waals surface area (Å²) in [6, 6.07) is 5.36. The second-order valence-electron chi connectivity index (χ2n) is 3.04. The number of hydrogen-bond acceptors (Lipinski definition) is 2. The van der Waals surface area contributed by atoms with Gasteiger partial charge in [0, 0.05) is 33.8 Å². The second-order valence-corrected chi connectivity index (χ2v) is 3.47. The molecule has 15 heavy (non-hydrogen) atoms. The summed E-state index contributed by atoms with van der Waals surface area (Å²) < 4.78 is 0. The number of halogens is 1. The van der Waals surface area contributed by atoms with Gasteiger partial charge in [-0.25, -0.2) is 0 Å². The van der Waals surface area contributed by atoms with Gasteiger partial charge in [-0.2, -0.15) is 0 Å². The molecule has 1 aromatic heterocycles. The van der Waals surface area contributed by atoms with Crippen LogP contribution in [0.2, 0.25) is 5.02 Å². The lowest BCUT2D eigenvalue weighted by molar-refractivity contribution is -0.400. The first-order chi connectivity index (χ1) is 7.16. The molecule has 0 spiro atoms. The third kappa shape index (κ3) is 1.99. The summed E-state index contributed by atoms with van der Waals surface area (Å²) in [5.41, 5.74) is 1.64. The van der Waals surface area contributed by atoms with Crippen LogP contribution in [0, 0.1) is 10.1 Å². The van der Waals surface area contributed by atoms with Gasteiger partial charge in [-0.15, -0.1) is 0 Å². The lowest BCUT2D eigenvalue weighted by Gasteiger charge is -1.91. The number of aromatic nitrogens is 1. The highest BCUT2D eigenvalue weighted by Crippen LogP contribution is 2.22. The fraction of sp³-hybridized carbons (Fsp3) is 0. The van der Waals surface area contributed by atoms with Crippen LogP contribution in [0.3, 0.4) is 0 Å². The highest BCUT2D eigenvalue weighted by molar-refractivity contribution is 6.31. The molecule has 0 saturated heterocycles. The summed E-state index contributed by atoms with van der Waals surface area (Å²) in [4.78, 5) is 12.7. The molecule has 0 fully saturated rings. The Hall–Kier alpha value is -1.81. The third-order valence-corrected chi connectivity index (χ3v) is 2.29. The van der Waals surface area contributed by atoms with Gasteiger partial charge in [-0.1, -0.05) is 17.7 Å². The van der Waals surface area contributed by atoms with Gasteiger partial charge in [0.15, 0.2) is 0 Å². The van der Waals surface area contributed by atoms with E-state index >= 15 is 0 Å². The molecule has 0 aliphatic heterocycles. The molecular formula is C10H7ClN2O2. The fourth-order valence-electron chi connectivity index (χ4n) is 1.40. The highest BCUT2D eigenvalue weighted by Gasteiger charge is 2.02. The van der Waals surface area contributed by atoms with Crippen LogP contribution in [-0.4, -0.2) is 9.91 Å². The van der Waals surface area contributed by atoms with Crippen molar-refractivity contribution in [3.8, 4) is 0 Å². The molecule has 2 aromatic rings. The largest absolute Gasteiger partial charge is 0.361 e. The Bertz CT molecular complexity index is 545. The normalized spacial score (nSPS) is 11.3. The fourth-order valence-corrected chi connectivity index (χ4v) is 1.57. The summed E-state index contributed by atoms with van der Waals surface area (Å²) in [6.07, 6.45) is 4.07. The molecule has 76 valence electrons. The van der Waals surface area contributed by atoms with Gasteiger partial charge in [-0.3, -0.25) is 10.1 Å². The Labute approximate surface area is 90.3 Å². The molecule has 0 amide bonds. The van der Waals surface area contributed by atoms with Crippen molar-refractivity contribution in [1.29, 1.82) is 0 Å². The number of aromatic amines is 1. The van der Waals surface area contributed by atoms with E-state index in [0.717, 1.165) is 22.7 Å². The van der Waals surface area contributed by atoms with Gasteiger partial charge < -0.3 is 4.98 Å². The standard InChI is InChI=1S/C10H7ClN2O2/c11-8-1-2-9-7(3-4-13(14)15)6-12-10(9)5-8/h1-6,12H. The van der Waals surface area contributed by atoms with Crippen molar-refractivity contribution in [3.63, 3.8) is 0 Å². The number of H-pyrrole nitrogens is 1. The first-order valence-electron chi connectivity index (χ1n) is 4.25. The van der Waals surface area contributed by atoms with E-state index in [1.54, 1.807) is 18.3 Å². The zero-order valence-electron chi connectivity index (χ0n) is 7.61. The molecule has 0 saturated carbocycles. The quantitative estimate of drug-likeness (QED) is 0.627. The molecule has 0 radical (unpaired) electrons. The highest BCUT2D eigenvalue weighted by atomic mass is 35.5. The van der Waals surface area contributed by atoms with Crippen molar-refractivity contribution in [1.82, 2.24) is 4.98 Å². The number of fused-ring (bicyclic) bond motifs is 1. The van der Waals surface area contributed by atoms with Crippen molar-refractivity contribution in [2.45, 2.75) is 0 Å². The first kappa shape index (κ1) is 9.73. The van der Waals surface area contributed by atoms with Crippen LogP contribution < -0.4 is 0 Å². The van der Waals surface area contributed by atoms with E-state index in [-0.39, 0.29) is 0 Å². The molecule has 1 aromatic carbocycles. The van der Waals surface area contributed by atoms with E-state index in [4.69, 9.17) is 11.6 Å². The molecule has 0 aliphatic rings. The second kappa shape index (κ2) is 3.74. The summed E-state index contributed by atoms with van der Waals surface area (Å²) in [7, 11) is 0. The Morgan fingerprint density at radius 1 is 1.47 bits per heavy atom. The maximum Gasteiger partial charge on any atom is 0.235 e. The van der Waals surface area contributed by atoms with E-state index in [0.29, 0.717) is 5.02 Å². The van der Waals surface area contributed by atoms with Crippen LogP contribution in [0.15, 0.2) is 30.6 Å². The van der Waals surface area contributed by atoms with Crippen molar-refractivity contribution in [2.24, 2.45) is 0 Å². The average Bonchev–Trinajstić information content (AvgIpc) is 2.57. The SMILES string of the molecule is O=[N+]([O-])C=Cc1c[nH]c2cc(Cl)ccc12. The number of nitrogens with zero attached hydrogens (tertiary/aromatic N) is 1. The molecule has 4 nitrogen and oxygen atoms in total. The van der Waals surface area contributed by atoms with E-state index in [9.17, 15) is 10.1 Å². The van der Waals surface area contributed by atoms with Crippen LogP contribution in [0.1, 0.15) is 5.56 Å². The molecule has 1 N–H and O–H groups in total.